The van der Waals surface area contributed by atoms with Gasteiger partial charge in [-0.1, -0.05) is 51.5 Å². The van der Waals surface area contributed by atoms with Crippen molar-refractivity contribution in [3.8, 4) is 5.75 Å². The number of hydrogen-bond donors (Lipinski definition) is 3. The fraction of sp³-hybridized carbons (Fsp3) is 0.593. The zero-order valence-electron chi connectivity index (χ0n) is 22.3. The lowest BCUT2D eigenvalue weighted by Gasteiger charge is -2.34. The Labute approximate surface area is 210 Å². The summed E-state index contributed by atoms with van der Waals surface area (Å²) in [6.45, 7) is 17.1. The van der Waals surface area contributed by atoms with Crippen LogP contribution in [0.15, 0.2) is 30.9 Å². The second-order valence-electron chi connectivity index (χ2n) is 10.2. The van der Waals surface area contributed by atoms with E-state index in [1.807, 2.05) is 20.8 Å². The maximum atomic E-state index is 13.9. The van der Waals surface area contributed by atoms with E-state index in [4.69, 9.17) is 4.74 Å². The smallest absolute Gasteiger partial charge is 0.408 e. The van der Waals surface area contributed by atoms with Gasteiger partial charge in [-0.3, -0.25) is 9.59 Å². The number of carbonyl (C=O) groups excluding carboxylic acids is 3. The SMILES string of the molecule is C=CCN(C(=O)C(CC(C)C)NC(=O)OC(C)(C)C)C(C(=O)NCCCC)c1cccc(C)c1O. The molecule has 0 aromatic heterocycles. The number of phenols is 1. The van der Waals surface area contributed by atoms with E-state index in [1.54, 1.807) is 45.9 Å². The highest BCUT2D eigenvalue weighted by Crippen LogP contribution is 2.32. The third kappa shape index (κ3) is 9.62. The Balaban J connectivity index is 3.47. The summed E-state index contributed by atoms with van der Waals surface area (Å²) in [4.78, 5) is 41.1. The van der Waals surface area contributed by atoms with E-state index in [0.29, 0.717) is 24.1 Å². The number of ether oxygens (including phenoxy) is 1. The van der Waals surface area contributed by atoms with Gasteiger partial charge in [-0.2, -0.15) is 0 Å². The number of aromatic hydroxyl groups is 1. The molecular formula is C27H43N3O5. The number of carbonyl (C=O) groups is 3. The highest BCUT2D eigenvalue weighted by molar-refractivity contribution is 5.92. The van der Waals surface area contributed by atoms with Gasteiger partial charge in [0.05, 0.1) is 0 Å². The van der Waals surface area contributed by atoms with Crippen LogP contribution in [0.2, 0.25) is 0 Å². The molecule has 0 heterocycles. The lowest BCUT2D eigenvalue weighted by atomic mass is 9.97. The predicted molar refractivity (Wildman–Crippen MR) is 138 cm³/mol. The highest BCUT2D eigenvalue weighted by Gasteiger charge is 2.37. The summed E-state index contributed by atoms with van der Waals surface area (Å²) < 4.78 is 5.37. The van der Waals surface area contributed by atoms with E-state index in [0.717, 1.165) is 12.8 Å². The minimum atomic E-state index is -1.10. The number of amides is 3. The molecule has 0 aliphatic heterocycles. The molecule has 0 saturated carbocycles. The summed E-state index contributed by atoms with van der Waals surface area (Å²) in [6, 6.07) is 3.07. The summed E-state index contributed by atoms with van der Waals surface area (Å²) in [5.74, 6) is -0.838. The van der Waals surface area contributed by atoms with Crippen LogP contribution < -0.4 is 10.6 Å². The molecule has 0 radical (unpaired) electrons. The van der Waals surface area contributed by atoms with Crippen molar-refractivity contribution in [2.24, 2.45) is 5.92 Å². The number of rotatable bonds is 12. The van der Waals surface area contributed by atoms with Gasteiger partial charge in [0.25, 0.3) is 0 Å². The molecular weight excluding hydrogens is 446 g/mol. The van der Waals surface area contributed by atoms with Crippen LogP contribution in [0.1, 0.15) is 78.0 Å². The molecule has 0 saturated heterocycles. The molecule has 0 fully saturated rings. The number of alkyl carbamates (subject to hydrolysis) is 1. The molecule has 35 heavy (non-hydrogen) atoms. The van der Waals surface area contributed by atoms with Crippen molar-refractivity contribution >= 4 is 17.9 Å². The Morgan fingerprint density at radius 2 is 1.89 bits per heavy atom. The van der Waals surface area contributed by atoms with Crippen LogP contribution in [0.4, 0.5) is 4.79 Å². The maximum Gasteiger partial charge on any atom is 0.408 e. The van der Waals surface area contributed by atoms with Crippen molar-refractivity contribution in [2.45, 2.75) is 85.4 Å². The quantitative estimate of drug-likeness (QED) is 0.293. The van der Waals surface area contributed by atoms with Gasteiger partial charge in [0.15, 0.2) is 0 Å². The zero-order valence-corrected chi connectivity index (χ0v) is 22.3. The van der Waals surface area contributed by atoms with Gasteiger partial charge in [-0.05, 0) is 52.0 Å². The summed E-state index contributed by atoms with van der Waals surface area (Å²) in [7, 11) is 0. The Morgan fingerprint density at radius 3 is 2.43 bits per heavy atom. The molecule has 196 valence electrons. The Morgan fingerprint density at radius 1 is 1.23 bits per heavy atom. The minimum Gasteiger partial charge on any atom is -0.507 e. The number of phenolic OH excluding ortho intramolecular Hbond substituents is 1. The van der Waals surface area contributed by atoms with Crippen LogP contribution in [0, 0.1) is 12.8 Å². The average molecular weight is 490 g/mol. The Kier molecular flexibility index (Phi) is 11.8. The predicted octanol–water partition coefficient (Wildman–Crippen LogP) is 4.61. The van der Waals surface area contributed by atoms with Crippen molar-refractivity contribution < 1.29 is 24.2 Å². The molecule has 1 rings (SSSR count). The molecule has 3 amide bonds. The molecule has 8 heteroatoms. The van der Waals surface area contributed by atoms with Crippen LogP contribution in [-0.2, 0) is 14.3 Å². The van der Waals surface area contributed by atoms with Crippen LogP contribution in [-0.4, -0.2) is 52.6 Å². The lowest BCUT2D eigenvalue weighted by molar-refractivity contribution is -0.142. The van der Waals surface area contributed by atoms with Crippen molar-refractivity contribution in [1.82, 2.24) is 15.5 Å². The van der Waals surface area contributed by atoms with Crippen molar-refractivity contribution in [3.05, 3.63) is 42.0 Å². The molecule has 0 aliphatic carbocycles. The molecule has 0 bridgehead atoms. The fourth-order valence-electron chi connectivity index (χ4n) is 3.64. The first-order chi connectivity index (χ1) is 16.3. The van der Waals surface area contributed by atoms with E-state index in [2.05, 4.69) is 17.2 Å². The topological polar surface area (TPSA) is 108 Å². The van der Waals surface area contributed by atoms with Gasteiger partial charge in [-0.15, -0.1) is 6.58 Å². The summed E-state index contributed by atoms with van der Waals surface area (Å²) in [6.07, 6.45) is 2.83. The zero-order chi connectivity index (χ0) is 26.8. The number of aryl methyl sites for hydroxylation is 1. The molecule has 2 atom stereocenters. The van der Waals surface area contributed by atoms with Crippen LogP contribution >= 0.6 is 0 Å². The number of benzene rings is 1. The van der Waals surface area contributed by atoms with Crippen LogP contribution in [0.25, 0.3) is 0 Å². The number of nitrogens with zero attached hydrogens (tertiary/aromatic N) is 1. The van der Waals surface area contributed by atoms with Crippen LogP contribution in [0.3, 0.4) is 0 Å². The van der Waals surface area contributed by atoms with Crippen molar-refractivity contribution in [1.29, 1.82) is 0 Å². The second-order valence-corrected chi connectivity index (χ2v) is 10.2. The highest BCUT2D eigenvalue weighted by atomic mass is 16.6. The number of unbranched alkanes of at least 4 members (excludes halogenated alkanes) is 1. The van der Waals surface area contributed by atoms with E-state index >= 15 is 0 Å². The van der Waals surface area contributed by atoms with Crippen molar-refractivity contribution in [3.63, 3.8) is 0 Å². The maximum absolute atomic E-state index is 13.9. The van der Waals surface area contributed by atoms with Gasteiger partial charge in [0.2, 0.25) is 11.8 Å². The van der Waals surface area contributed by atoms with Crippen molar-refractivity contribution in [2.75, 3.05) is 13.1 Å². The van der Waals surface area contributed by atoms with Gasteiger partial charge in [0, 0.05) is 18.7 Å². The van der Waals surface area contributed by atoms with E-state index in [-0.39, 0.29) is 18.2 Å². The largest absolute Gasteiger partial charge is 0.507 e. The number of hydrogen-bond acceptors (Lipinski definition) is 5. The molecule has 1 aromatic rings. The summed E-state index contributed by atoms with van der Waals surface area (Å²) in [5.41, 5.74) is 0.172. The van der Waals surface area contributed by atoms with E-state index in [1.165, 1.54) is 11.0 Å². The van der Waals surface area contributed by atoms with E-state index < -0.39 is 35.6 Å². The third-order valence-electron chi connectivity index (χ3n) is 5.26. The fourth-order valence-corrected chi connectivity index (χ4v) is 3.64. The standard InChI is InChI=1S/C27H43N3O5/c1-9-11-15-28-24(32)22(20-14-12-13-19(5)23(20)31)30(16-10-2)25(33)21(17-18(3)4)29-26(34)35-27(6,7)8/h10,12-14,18,21-22,31H,2,9,11,15-17H2,1,3-8H3,(H,28,32)(H,29,34). The first-order valence-electron chi connectivity index (χ1n) is 12.3. The first kappa shape index (κ1) is 30.0. The third-order valence-corrected chi connectivity index (χ3v) is 5.26. The Bertz CT molecular complexity index is 876. The van der Waals surface area contributed by atoms with Gasteiger partial charge in [0.1, 0.15) is 23.4 Å². The molecule has 1 aromatic carbocycles. The number of para-hydroxylation sites is 1. The molecule has 2 unspecified atom stereocenters. The first-order valence-corrected chi connectivity index (χ1v) is 12.3. The minimum absolute atomic E-state index is 0.0443. The normalized spacial score (nSPS) is 13.0. The molecule has 0 spiro atoms. The summed E-state index contributed by atoms with van der Waals surface area (Å²) >= 11 is 0. The van der Waals surface area contributed by atoms with E-state index in [9.17, 15) is 19.5 Å². The van der Waals surface area contributed by atoms with Gasteiger partial charge < -0.3 is 25.4 Å². The molecule has 8 nitrogen and oxygen atoms in total. The summed E-state index contributed by atoms with van der Waals surface area (Å²) in [5, 5.41) is 16.4. The average Bonchev–Trinajstić information content (AvgIpc) is 2.73. The van der Waals surface area contributed by atoms with Crippen LogP contribution in [0.5, 0.6) is 5.75 Å². The Hall–Kier alpha value is -3.03. The lowest BCUT2D eigenvalue weighted by Crippen LogP contribution is -2.53. The van der Waals surface area contributed by atoms with Gasteiger partial charge >= 0.3 is 6.09 Å². The second kappa shape index (κ2) is 13.8. The molecule has 3 N–H and O–H groups in total. The number of nitrogens with one attached hydrogen (secondary N) is 2. The molecule has 0 aliphatic rings. The monoisotopic (exact) mass is 489 g/mol. The van der Waals surface area contributed by atoms with Gasteiger partial charge in [-0.25, -0.2) is 4.79 Å².